The highest BCUT2D eigenvalue weighted by Crippen LogP contribution is 2.48. The van der Waals surface area contributed by atoms with Crippen LogP contribution in [-0.4, -0.2) is 46.2 Å². The largest absolute Gasteiger partial charge is 0.458 e. The summed E-state index contributed by atoms with van der Waals surface area (Å²) in [6.45, 7) is 9.52. The molecule has 0 radical (unpaired) electrons. The normalized spacial score (nSPS) is 48.4. The Bertz CT molecular complexity index is 485. The van der Waals surface area contributed by atoms with Crippen molar-refractivity contribution in [2.45, 2.75) is 56.2 Å². The predicted molar refractivity (Wildman–Crippen MR) is 70.8 cm³/mol. The number of fused-ring (bicyclic) bond motifs is 2. The Morgan fingerprint density at radius 1 is 1.35 bits per heavy atom. The van der Waals surface area contributed by atoms with Crippen LogP contribution in [0, 0.1) is 5.92 Å². The Hall–Kier alpha value is -1.17. The minimum atomic E-state index is -0.813. The van der Waals surface area contributed by atoms with Crippen LogP contribution in [-0.2, 0) is 14.3 Å². The summed E-state index contributed by atoms with van der Waals surface area (Å²) in [5.41, 5.74) is 0.453. The molecule has 0 unspecified atom stereocenters. The van der Waals surface area contributed by atoms with Crippen LogP contribution in [0.5, 0.6) is 0 Å². The van der Waals surface area contributed by atoms with E-state index in [4.69, 9.17) is 9.47 Å². The molecule has 5 heteroatoms. The number of carbonyl (C=O) groups excluding carboxylic acids is 1. The lowest BCUT2D eigenvalue weighted by Gasteiger charge is -2.26. The van der Waals surface area contributed by atoms with Crippen molar-refractivity contribution in [3.63, 3.8) is 0 Å². The summed E-state index contributed by atoms with van der Waals surface area (Å²) in [5.74, 6) is -0.973. The third-order valence-corrected chi connectivity index (χ3v) is 4.79. The Labute approximate surface area is 117 Å². The van der Waals surface area contributed by atoms with Gasteiger partial charge in [0.25, 0.3) is 0 Å². The van der Waals surface area contributed by atoms with Crippen molar-refractivity contribution in [2.75, 3.05) is 0 Å². The zero-order valence-electron chi connectivity index (χ0n) is 11.5. The van der Waals surface area contributed by atoms with Crippen LogP contribution in [0.25, 0.3) is 0 Å². The molecule has 0 aromatic carbocycles. The maximum Gasteiger partial charge on any atom is 0.334 e. The van der Waals surface area contributed by atoms with Gasteiger partial charge in [0.2, 0.25) is 0 Å². The van der Waals surface area contributed by atoms with Crippen molar-refractivity contribution in [2.24, 2.45) is 5.92 Å². The average Bonchev–Trinajstić information content (AvgIpc) is 2.99. The van der Waals surface area contributed by atoms with E-state index in [0.29, 0.717) is 24.8 Å². The SMILES string of the molecule is C=C1C(=O)O[C@H]2CC(=C)[C@@H](O)CC[C@@]3(C)O[C@H]3[C@@H](O)[C@H]12. The number of carbonyl (C=O) groups is 1. The standard InChI is InChI=1S/C15H20O5/c1-7-6-10-11(8(2)14(18)19-10)12(17)13-15(3,20-13)5-4-9(7)16/h9-13,16-17H,1-2,4-6H2,3H3/t9-,10-,11+,12-,13-,15+/m0/s1. The fraction of sp³-hybridized carbons (Fsp3) is 0.667. The molecule has 2 aliphatic heterocycles. The van der Waals surface area contributed by atoms with E-state index in [1.807, 2.05) is 6.92 Å². The molecule has 3 aliphatic rings. The van der Waals surface area contributed by atoms with Crippen molar-refractivity contribution in [1.29, 1.82) is 0 Å². The second kappa shape index (κ2) is 4.41. The molecular weight excluding hydrogens is 260 g/mol. The maximum atomic E-state index is 11.7. The lowest BCUT2D eigenvalue weighted by Crippen LogP contribution is -2.37. The zero-order valence-corrected chi connectivity index (χ0v) is 11.5. The highest BCUT2D eigenvalue weighted by Gasteiger charge is 2.60. The number of epoxide rings is 1. The van der Waals surface area contributed by atoms with E-state index in [-0.39, 0.29) is 11.7 Å². The molecular formula is C15H20O5. The van der Waals surface area contributed by atoms with Crippen LogP contribution in [0.3, 0.4) is 0 Å². The minimum absolute atomic E-state index is 0.281. The van der Waals surface area contributed by atoms with Gasteiger partial charge in [0.05, 0.1) is 23.7 Å². The Morgan fingerprint density at radius 2 is 2.05 bits per heavy atom. The van der Waals surface area contributed by atoms with Gasteiger partial charge >= 0.3 is 5.97 Å². The van der Waals surface area contributed by atoms with Gasteiger partial charge in [0, 0.05) is 12.0 Å². The van der Waals surface area contributed by atoms with Crippen LogP contribution in [0.1, 0.15) is 26.2 Å². The molecule has 0 bridgehead atoms. The first kappa shape index (κ1) is 13.8. The Kier molecular flexibility index (Phi) is 3.04. The first-order valence-corrected chi connectivity index (χ1v) is 6.95. The van der Waals surface area contributed by atoms with Crippen molar-refractivity contribution < 1.29 is 24.5 Å². The highest BCUT2D eigenvalue weighted by atomic mass is 16.6. The van der Waals surface area contributed by atoms with E-state index < -0.39 is 35.8 Å². The number of hydrogen-bond donors (Lipinski definition) is 2. The molecule has 5 nitrogen and oxygen atoms in total. The van der Waals surface area contributed by atoms with Gasteiger partial charge in [-0.25, -0.2) is 4.79 Å². The third-order valence-electron chi connectivity index (χ3n) is 4.79. The summed E-state index contributed by atoms with van der Waals surface area (Å²) in [4.78, 5) is 11.7. The van der Waals surface area contributed by atoms with E-state index in [0.717, 1.165) is 0 Å². The smallest absolute Gasteiger partial charge is 0.334 e. The third kappa shape index (κ3) is 2.01. The average molecular weight is 280 g/mol. The monoisotopic (exact) mass is 280 g/mol. The molecule has 0 amide bonds. The van der Waals surface area contributed by atoms with Crippen molar-refractivity contribution in [3.8, 4) is 0 Å². The molecule has 110 valence electrons. The molecule has 3 rings (SSSR count). The molecule has 0 aromatic heterocycles. The van der Waals surface area contributed by atoms with Crippen LogP contribution < -0.4 is 0 Å². The van der Waals surface area contributed by atoms with Gasteiger partial charge in [-0.05, 0) is 25.3 Å². The minimum Gasteiger partial charge on any atom is -0.458 e. The number of aliphatic hydroxyl groups excluding tert-OH is 2. The summed E-state index contributed by atoms with van der Waals surface area (Å²) in [6.07, 6.45) is -0.777. The molecule has 1 saturated carbocycles. The number of hydrogen-bond acceptors (Lipinski definition) is 5. The van der Waals surface area contributed by atoms with Gasteiger partial charge in [-0.3, -0.25) is 0 Å². The second-order valence-corrected chi connectivity index (χ2v) is 6.25. The number of aliphatic hydroxyl groups is 2. The summed E-state index contributed by atoms with van der Waals surface area (Å²) >= 11 is 0. The van der Waals surface area contributed by atoms with Gasteiger partial charge in [0.15, 0.2) is 0 Å². The summed E-state index contributed by atoms with van der Waals surface area (Å²) < 4.78 is 10.9. The fourth-order valence-electron chi connectivity index (χ4n) is 3.34. The summed E-state index contributed by atoms with van der Waals surface area (Å²) in [6, 6.07) is 0. The van der Waals surface area contributed by atoms with Crippen LogP contribution in [0.15, 0.2) is 24.3 Å². The van der Waals surface area contributed by atoms with Crippen molar-refractivity contribution in [1.82, 2.24) is 0 Å². The second-order valence-electron chi connectivity index (χ2n) is 6.25. The molecule has 2 heterocycles. The predicted octanol–water partition coefficient (Wildman–Crippen LogP) is 0.704. The van der Waals surface area contributed by atoms with Gasteiger partial charge in [-0.15, -0.1) is 0 Å². The van der Waals surface area contributed by atoms with E-state index in [1.165, 1.54) is 0 Å². The molecule has 2 N–H and O–H groups in total. The van der Waals surface area contributed by atoms with E-state index in [2.05, 4.69) is 13.2 Å². The molecule has 6 atom stereocenters. The van der Waals surface area contributed by atoms with Crippen molar-refractivity contribution >= 4 is 5.97 Å². The lowest BCUT2D eigenvalue weighted by molar-refractivity contribution is -0.139. The lowest BCUT2D eigenvalue weighted by atomic mass is 9.80. The van der Waals surface area contributed by atoms with Crippen LogP contribution in [0.2, 0.25) is 0 Å². The molecule has 20 heavy (non-hydrogen) atoms. The van der Waals surface area contributed by atoms with Crippen LogP contribution in [0.4, 0.5) is 0 Å². The fourth-order valence-corrected chi connectivity index (χ4v) is 3.34. The van der Waals surface area contributed by atoms with Crippen LogP contribution >= 0.6 is 0 Å². The van der Waals surface area contributed by atoms with E-state index >= 15 is 0 Å². The van der Waals surface area contributed by atoms with Gasteiger partial charge in [-0.2, -0.15) is 0 Å². The molecule has 0 spiro atoms. The van der Waals surface area contributed by atoms with E-state index in [1.54, 1.807) is 0 Å². The quantitative estimate of drug-likeness (QED) is 0.295. The Balaban J connectivity index is 1.91. The van der Waals surface area contributed by atoms with Gasteiger partial charge in [0.1, 0.15) is 12.2 Å². The topological polar surface area (TPSA) is 79.3 Å². The Morgan fingerprint density at radius 3 is 2.75 bits per heavy atom. The molecule has 2 saturated heterocycles. The van der Waals surface area contributed by atoms with Gasteiger partial charge < -0.3 is 19.7 Å². The number of ether oxygens (including phenoxy) is 2. The molecule has 0 aromatic rings. The number of rotatable bonds is 0. The number of esters is 1. The zero-order chi connectivity index (χ0) is 14.7. The molecule has 1 aliphatic carbocycles. The maximum absolute atomic E-state index is 11.7. The van der Waals surface area contributed by atoms with Crippen molar-refractivity contribution in [3.05, 3.63) is 24.3 Å². The highest BCUT2D eigenvalue weighted by molar-refractivity contribution is 5.91. The van der Waals surface area contributed by atoms with E-state index in [9.17, 15) is 15.0 Å². The first-order chi connectivity index (χ1) is 9.33. The first-order valence-electron chi connectivity index (χ1n) is 6.95. The summed E-state index contributed by atoms with van der Waals surface area (Å²) in [5, 5.41) is 20.6. The summed E-state index contributed by atoms with van der Waals surface area (Å²) in [7, 11) is 0. The molecule has 3 fully saturated rings. The van der Waals surface area contributed by atoms with Gasteiger partial charge in [-0.1, -0.05) is 13.2 Å².